The second-order valence-electron chi connectivity index (χ2n) is 7.19. The van der Waals surface area contributed by atoms with E-state index in [9.17, 15) is 4.79 Å². The van der Waals surface area contributed by atoms with Crippen LogP contribution in [0.4, 0.5) is 11.6 Å². The average molecular weight is 374 g/mol. The monoisotopic (exact) mass is 374 g/mol. The fraction of sp³-hybridized carbons (Fsp3) is 0.286. The molecule has 0 radical (unpaired) electrons. The third kappa shape index (κ3) is 2.62. The number of fused-ring (bicyclic) bond motifs is 3. The van der Waals surface area contributed by atoms with Crippen LogP contribution in [0.15, 0.2) is 53.3 Å². The molecule has 1 fully saturated rings. The minimum atomic E-state index is -0.0520. The summed E-state index contributed by atoms with van der Waals surface area (Å²) in [6.07, 6.45) is 2.31. The van der Waals surface area contributed by atoms with Crippen LogP contribution in [0.5, 0.6) is 0 Å². The predicted octanol–water partition coefficient (Wildman–Crippen LogP) is 2.73. The van der Waals surface area contributed by atoms with Crippen molar-refractivity contribution in [3.8, 4) is 0 Å². The molecule has 1 aliphatic rings. The largest absolute Gasteiger partial charge is 0.388 e. The van der Waals surface area contributed by atoms with Crippen LogP contribution < -0.4 is 15.8 Å². The van der Waals surface area contributed by atoms with Gasteiger partial charge in [-0.15, -0.1) is 10.2 Å². The molecule has 0 amide bonds. The normalized spacial score (nSPS) is 14.2. The molecule has 5 rings (SSSR count). The molecule has 0 saturated carbocycles. The third-order valence-electron chi connectivity index (χ3n) is 5.44. The van der Waals surface area contributed by atoms with Crippen molar-refractivity contribution in [2.45, 2.75) is 19.4 Å². The highest BCUT2D eigenvalue weighted by atomic mass is 16.1. The average Bonchev–Trinajstić information content (AvgIpc) is 3.41. The minimum Gasteiger partial charge on any atom is -0.388 e. The number of aromatic nitrogens is 4. The fourth-order valence-corrected chi connectivity index (χ4v) is 3.98. The highest BCUT2D eigenvalue weighted by molar-refractivity contribution is 5.85. The van der Waals surface area contributed by atoms with Gasteiger partial charge >= 0.3 is 0 Å². The molecule has 1 saturated heterocycles. The second-order valence-corrected chi connectivity index (χ2v) is 7.19. The zero-order valence-electron chi connectivity index (χ0n) is 15.8. The maximum atomic E-state index is 13.4. The molecule has 142 valence electrons. The Hall–Kier alpha value is -3.35. The summed E-state index contributed by atoms with van der Waals surface area (Å²) in [7, 11) is 1.86. The van der Waals surface area contributed by atoms with E-state index >= 15 is 0 Å². The summed E-state index contributed by atoms with van der Waals surface area (Å²) in [5.74, 6) is 1.40. The topological polar surface area (TPSA) is 67.5 Å². The standard InChI is InChI=1S/C21H22N6O/c1-22-16-9-10-18-17(13-16)19(28)26(14-15-7-3-2-4-8-15)21-24-23-20(27(18)21)25-11-5-6-12-25/h2-4,7-10,13,22H,5-6,11-12,14H2,1H3. The van der Waals surface area contributed by atoms with Gasteiger partial charge in [-0.1, -0.05) is 30.3 Å². The van der Waals surface area contributed by atoms with Gasteiger partial charge in [-0.05, 0) is 36.6 Å². The predicted molar refractivity (Wildman–Crippen MR) is 111 cm³/mol. The first-order valence-corrected chi connectivity index (χ1v) is 9.64. The molecule has 0 unspecified atom stereocenters. The summed E-state index contributed by atoms with van der Waals surface area (Å²) in [5.41, 5.74) is 2.76. The lowest BCUT2D eigenvalue weighted by Gasteiger charge is -2.17. The van der Waals surface area contributed by atoms with Crippen molar-refractivity contribution < 1.29 is 0 Å². The Morgan fingerprint density at radius 1 is 1.04 bits per heavy atom. The number of benzene rings is 2. The van der Waals surface area contributed by atoms with Gasteiger partial charge in [-0.2, -0.15) is 0 Å². The Balaban J connectivity index is 1.81. The molecule has 7 nitrogen and oxygen atoms in total. The first-order chi connectivity index (χ1) is 13.8. The third-order valence-corrected chi connectivity index (χ3v) is 5.44. The molecule has 0 atom stereocenters. The maximum Gasteiger partial charge on any atom is 0.263 e. The molecule has 0 spiro atoms. The maximum absolute atomic E-state index is 13.4. The smallest absolute Gasteiger partial charge is 0.263 e. The van der Waals surface area contributed by atoms with E-state index in [1.807, 2.05) is 60.0 Å². The Morgan fingerprint density at radius 3 is 2.57 bits per heavy atom. The molecule has 1 N–H and O–H groups in total. The van der Waals surface area contributed by atoms with Crippen molar-refractivity contribution in [2.24, 2.45) is 0 Å². The van der Waals surface area contributed by atoms with E-state index in [1.54, 1.807) is 4.57 Å². The van der Waals surface area contributed by atoms with Crippen LogP contribution in [0.25, 0.3) is 16.7 Å². The van der Waals surface area contributed by atoms with E-state index in [-0.39, 0.29) is 5.56 Å². The summed E-state index contributed by atoms with van der Waals surface area (Å²) in [4.78, 5) is 15.6. The molecule has 3 heterocycles. The number of hydrogen-bond donors (Lipinski definition) is 1. The summed E-state index contributed by atoms with van der Waals surface area (Å²) < 4.78 is 3.76. The van der Waals surface area contributed by atoms with Gasteiger partial charge in [0.15, 0.2) is 0 Å². The lowest BCUT2D eigenvalue weighted by atomic mass is 10.2. The quantitative estimate of drug-likeness (QED) is 0.595. The SMILES string of the molecule is CNc1ccc2c(c1)c(=O)n(Cc1ccccc1)c1nnc(N3CCCC3)n21. The summed E-state index contributed by atoms with van der Waals surface area (Å²) >= 11 is 0. The van der Waals surface area contributed by atoms with Crippen LogP contribution in [0.1, 0.15) is 18.4 Å². The van der Waals surface area contributed by atoms with Crippen molar-refractivity contribution in [1.29, 1.82) is 0 Å². The van der Waals surface area contributed by atoms with Crippen LogP contribution in [-0.4, -0.2) is 39.3 Å². The molecule has 2 aromatic heterocycles. The zero-order valence-corrected chi connectivity index (χ0v) is 15.8. The van der Waals surface area contributed by atoms with Crippen molar-refractivity contribution in [1.82, 2.24) is 19.2 Å². The van der Waals surface area contributed by atoms with Gasteiger partial charge in [-0.25, -0.2) is 4.40 Å². The molecule has 28 heavy (non-hydrogen) atoms. The Bertz CT molecular complexity index is 1200. The van der Waals surface area contributed by atoms with Crippen LogP contribution >= 0.6 is 0 Å². The highest BCUT2D eigenvalue weighted by Crippen LogP contribution is 2.25. The number of hydrogen-bond acceptors (Lipinski definition) is 5. The Morgan fingerprint density at radius 2 is 1.82 bits per heavy atom. The number of anilines is 2. The second kappa shape index (κ2) is 6.67. The molecule has 4 aromatic rings. The lowest BCUT2D eigenvalue weighted by Crippen LogP contribution is -2.26. The number of nitrogens with zero attached hydrogens (tertiary/aromatic N) is 5. The molecular formula is C21H22N6O. The van der Waals surface area contributed by atoms with Gasteiger partial charge in [0, 0.05) is 25.8 Å². The summed E-state index contributed by atoms with van der Waals surface area (Å²) in [6, 6.07) is 15.9. The first-order valence-electron chi connectivity index (χ1n) is 9.64. The summed E-state index contributed by atoms with van der Waals surface area (Å²) in [6.45, 7) is 2.39. The van der Waals surface area contributed by atoms with Crippen molar-refractivity contribution in [2.75, 3.05) is 30.4 Å². The molecule has 0 bridgehead atoms. The van der Waals surface area contributed by atoms with E-state index in [2.05, 4.69) is 20.4 Å². The van der Waals surface area contributed by atoms with Crippen LogP contribution in [0.2, 0.25) is 0 Å². The molecule has 1 aliphatic heterocycles. The van der Waals surface area contributed by atoms with Crippen molar-refractivity contribution >= 4 is 28.3 Å². The fourth-order valence-electron chi connectivity index (χ4n) is 3.98. The van der Waals surface area contributed by atoms with Gasteiger partial charge < -0.3 is 10.2 Å². The highest BCUT2D eigenvalue weighted by Gasteiger charge is 2.22. The van der Waals surface area contributed by atoms with Gasteiger partial charge in [-0.3, -0.25) is 9.36 Å². The number of nitrogens with one attached hydrogen (secondary N) is 1. The van der Waals surface area contributed by atoms with E-state index in [0.29, 0.717) is 17.7 Å². The van der Waals surface area contributed by atoms with Gasteiger partial charge in [0.1, 0.15) is 0 Å². The zero-order chi connectivity index (χ0) is 19.1. The van der Waals surface area contributed by atoms with Crippen LogP contribution in [0, 0.1) is 0 Å². The van der Waals surface area contributed by atoms with E-state index in [4.69, 9.17) is 0 Å². The first kappa shape index (κ1) is 16.8. The van der Waals surface area contributed by atoms with Gasteiger partial charge in [0.25, 0.3) is 5.56 Å². The molecule has 7 heteroatoms. The van der Waals surface area contributed by atoms with Crippen LogP contribution in [0.3, 0.4) is 0 Å². The van der Waals surface area contributed by atoms with E-state index in [0.717, 1.165) is 48.6 Å². The van der Waals surface area contributed by atoms with E-state index in [1.165, 1.54) is 0 Å². The Labute approximate surface area is 162 Å². The van der Waals surface area contributed by atoms with Gasteiger partial charge in [0.2, 0.25) is 11.7 Å². The van der Waals surface area contributed by atoms with Crippen molar-refractivity contribution in [3.05, 3.63) is 64.4 Å². The van der Waals surface area contributed by atoms with Gasteiger partial charge in [0.05, 0.1) is 17.4 Å². The van der Waals surface area contributed by atoms with Crippen molar-refractivity contribution in [3.63, 3.8) is 0 Å². The summed E-state index contributed by atoms with van der Waals surface area (Å²) in [5, 5.41) is 12.7. The molecular weight excluding hydrogens is 352 g/mol. The minimum absolute atomic E-state index is 0.0520. The molecule has 2 aromatic carbocycles. The van der Waals surface area contributed by atoms with Crippen LogP contribution in [-0.2, 0) is 6.54 Å². The van der Waals surface area contributed by atoms with E-state index < -0.39 is 0 Å². The number of rotatable bonds is 4. The Kier molecular flexibility index (Phi) is 4.00. The lowest BCUT2D eigenvalue weighted by molar-refractivity contribution is 0.765. The molecule has 0 aliphatic carbocycles.